The Kier molecular flexibility index (Phi) is 7.46. The van der Waals surface area contributed by atoms with E-state index in [-0.39, 0.29) is 17.1 Å². The molecule has 1 aromatic heterocycles. The van der Waals surface area contributed by atoms with Gasteiger partial charge in [-0.1, -0.05) is 41.5 Å². The molecular weight excluding hydrogens is 474 g/mol. The average Bonchev–Trinajstić information content (AvgIpc) is 3.20. The van der Waals surface area contributed by atoms with Crippen molar-refractivity contribution >= 4 is 23.0 Å². The number of hydrogen-bond donors (Lipinski definition) is 2. The van der Waals surface area contributed by atoms with Gasteiger partial charge in [0, 0.05) is 13.1 Å². The summed E-state index contributed by atoms with van der Waals surface area (Å²) in [6.45, 7) is 16.6. The molecular formula is C28H39N3O4S. The number of aromatic hydroxyl groups is 1. The van der Waals surface area contributed by atoms with Crippen LogP contribution in [0, 0.1) is 13.8 Å². The lowest BCUT2D eigenvalue weighted by Crippen LogP contribution is -2.37. The summed E-state index contributed by atoms with van der Waals surface area (Å²) in [5, 5.41) is 23.0. The van der Waals surface area contributed by atoms with Crippen LogP contribution in [0.5, 0.6) is 5.75 Å². The summed E-state index contributed by atoms with van der Waals surface area (Å²) in [5.41, 5.74) is 2.02. The second-order valence-electron chi connectivity index (χ2n) is 11.9. The number of rotatable bonds is 6. The lowest BCUT2D eigenvalue weighted by atomic mass is 9.77. The Balaban J connectivity index is 2.31. The molecule has 1 amide bonds. The zero-order chi connectivity index (χ0) is 27.3. The predicted molar refractivity (Wildman–Crippen MR) is 144 cm³/mol. The number of aliphatic hydroxyl groups is 1. The number of aliphatic hydroxyl groups excluding tert-OH is 1. The third kappa shape index (κ3) is 5.20. The van der Waals surface area contributed by atoms with Gasteiger partial charge in [0.25, 0.3) is 5.91 Å². The van der Waals surface area contributed by atoms with Crippen LogP contribution in [0.3, 0.4) is 0 Å². The van der Waals surface area contributed by atoms with Crippen molar-refractivity contribution < 1.29 is 19.8 Å². The van der Waals surface area contributed by atoms with E-state index in [2.05, 4.69) is 4.98 Å². The molecule has 196 valence electrons. The standard InChI is InChI=1S/C28H39N3O4S/c1-15-25(36-16(2)29-15)23(33)20-21(31(12-11-30(9)10)26(35)24(20)34)17-13-18(27(3,4)5)22(32)19(14-17)28(6,7)8/h13-14,21,32,34H,11-12H2,1-10H3. The van der Waals surface area contributed by atoms with E-state index in [4.69, 9.17) is 0 Å². The Morgan fingerprint density at radius 1 is 1.06 bits per heavy atom. The van der Waals surface area contributed by atoms with Gasteiger partial charge in [-0.25, -0.2) is 4.98 Å². The quantitative estimate of drug-likeness (QED) is 0.516. The summed E-state index contributed by atoms with van der Waals surface area (Å²) in [5.74, 6) is -1.24. The summed E-state index contributed by atoms with van der Waals surface area (Å²) in [4.78, 5) is 35.5. The Morgan fingerprint density at radius 3 is 2.00 bits per heavy atom. The number of hydrogen-bond acceptors (Lipinski definition) is 7. The van der Waals surface area contributed by atoms with Gasteiger partial charge in [-0.15, -0.1) is 11.3 Å². The van der Waals surface area contributed by atoms with Gasteiger partial charge in [0.2, 0.25) is 5.78 Å². The molecule has 0 spiro atoms. The molecule has 8 heteroatoms. The van der Waals surface area contributed by atoms with Crippen molar-refractivity contribution in [2.45, 2.75) is 72.3 Å². The number of likely N-dealkylation sites (N-methyl/N-ethyl adjacent to an activating group) is 1. The fraction of sp³-hybridized carbons (Fsp3) is 0.536. The van der Waals surface area contributed by atoms with Gasteiger partial charge >= 0.3 is 0 Å². The van der Waals surface area contributed by atoms with E-state index in [1.165, 1.54) is 11.3 Å². The van der Waals surface area contributed by atoms with Gasteiger partial charge in [0.05, 0.1) is 27.2 Å². The molecule has 1 aromatic carbocycles. The number of ketones is 1. The molecule has 3 rings (SSSR count). The highest BCUT2D eigenvalue weighted by Gasteiger charge is 2.45. The number of thiazole rings is 1. The first-order chi connectivity index (χ1) is 16.4. The molecule has 0 bridgehead atoms. The second-order valence-corrected chi connectivity index (χ2v) is 13.1. The smallest absolute Gasteiger partial charge is 0.290 e. The number of aromatic nitrogens is 1. The van der Waals surface area contributed by atoms with Gasteiger partial charge in [-0.2, -0.15) is 0 Å². The van der Waals surface area contributed by atoms with Crippen molar-refractivity contribution in [1.82, 2.24) is 14.8 Å². The Hall–Kier alpha value is -2.71. The van der Waals surface area contributed by atoms with E-state index >= 15 is 0 Å². The number of phenols is 1. The zero-order valence-electron chi connectivity index (χ0n) is 23.1. The molecule has 0 fully saturated rings. The fourth-order valence-corrected chi connectivity index (χ4v) is 5.47. The lowest BCUT2D eigenvalue weighted by molar-refractivity contribution is -0.129. The third-order valence-electron chi connectivity index (χ3n) is 6.51. The molecule has 1 aliphatic rings. The molecule has 2 heterocycles. The number of carbonyl (C=O) groups excluding carboxylic acids is 2. The van der Waals surface area contributed by atoms with Crippen LogP contribution in [0.15, 0.2) is 23.5 Å². The van der Waals surface area contributed by atoms with Crippen LogP contribution in [0.25, 0.3) is 0 Å². The first-order valence-corrected chi connectivity index (χ1v) is 13.0. The molecule has 0 aliphatic carbocycles. The van der Waals surface area contributed by atoms with Crippen molar-refractivity contribution in [2.75, 3.05) is 27.2 Å². The van der Waals surface area contributed by atoms with Crippen LogP contribution in [0.1, 0.15) is 84.6 Å². The molecule has 0 saturated carbocycles. The number of aryl methyl sites for hydroxylation is 2. The van der Waals surface area contributed by atoms with Crippen molar-refractivity contribution in [3.8, 4) is 5.75 Å². The van der Waals surface area contributed by atoms with Crippen LogP contribution in [0.2, 0.25) is 0 Å². The highest BCUT2D eigenvalue weighted by Crippen LogP contribution is 2.46. The maximum Gasteiger partial charge on any atom is 0.290 e. The summed E-state index contributed by atoms with van der Waals surface area (Å²) >= 11 is 1.26. The number of nitrogens with zero attached hydrogens (tertiary/aromatic N) is 3. The van der Waals surface area contributed by atoms with Crippen molar-refractivity contribution in [2.24, 2.45) is 0 Å². The number of carbonyl (C=O) groups is 2. The summed E-state index contributed by atoms with van der Waals surface area (Å²) in [7, 11) is 3.82. The fourth-order valence-electron chi connectivity index (χ4n) is 4.59. The van der Waals surface area contributed by atoms with E-state index in [1.54, 1.807) is 11.8 Å². The predicted octanol–water partition coefficient (Wildman–Crippen LogP) is 5.20. The molecule has 2 N–H and O–H groups in total. The minimum absolute atomic E-state index is 0.0657. The molecule has 7 nitrogen and oxygen atoms in total. The van der Waals surface area contributed by atoms with Gasteiger partial charge in [-0.05, 0) is 67.6 Å². The molecule has 0 saturated heterocycles. The molecule has 1 atom stereocenters. The Morgan fingerprint density at radius 2 is 1.58 bits per heavy atom. The number of benzene rings is 1. The molecule has 36 heavy (non-hydrogen) atoms. The second kappa shape index (κ2) is 9.63. The minimum Gasteiger partial charge on any atom is -0.507 e. The lowest BCUT2D eigenvalue weighted by Gasteiger charge is -2.32. The molecule has 0 radical (unpaired) electrons. The van der Waals surface area contributed by atoms with Crippen LogP contribution >= 0.6 is 11.3 Å². The summed E-state index contributed by atoms with van der Waals surface area (Å²) in [6, 6.07) is 2.97. The average molecular weight is 514 g/mol. The molecule has 2 aromatic rings. The molecule has 1 unspecified atom stereocenters. The number of amides is 1. The normalized spacial score (nSPS) is 17.0. The monoisotopic (exact) mass is 513 g/mol. The minimum atomic E-state index is -0.783. The van der Waals surface area contributed by atoms with E-state index in [0.29, 0.717) is 29.2 Å². The van der Waals surface area contributed by atoms with Gasteiger partial charge in [0.15, 0.2) is 5.76 Å². The number of phenolic OH excluding ortho intramolecular Hbond substituents is 1. The topological polar surface area (TPSA) is 94.0 Å². The van der Waals surface area contributed by atoms with Gasteiger partial charge in [0.1, 0.15) is 5.75 Å². The highest BCUT2D eigenvalue weighted by molar-refractivity contribution is 7.14. The SMILES string of the molecule is Cc1nc(C)c(C(=O)C2=C(O)C(=O)N(CCN(C)C)C2c2cc(C(C)(C)C)c(O)c(C(C)(C)C)c2)s1. The summed E-state index contributed by atoms with van der Waals surface area (Å²) in [6.07, 6.45) is 0. The maximum atomic E-state index is 13.8. The van der Waals surface area contributed by atoms with Crippen LogP contribution < -0.4 is 0 Å². The van der Waals surface area contributed by atoms with E-state index < -0.39 is 28.5 Å². The van der Waals surface area contributed by atoms with Crippen molar-refractivity contribution in [3.05, 3.63) is 55.7 Å². The van der Waals surface area contributed by atoms with Crippen molar-refractivity contribution in [3.63, 3.8) is 0 Å². The number of Topliss-reactive ketones (excluding diaryl/α,β-unsaturated/α-hetero) is 1. The van der Waals surface area contributed by atoms with Crippen LogP contribution in [-0.4, -0.2) is 63.9 Å². The Labute approximate surface area is 218 Å². The zero-order valence-corrected chi connectivity index (χ0v) is 23.9. The Bertz CT molecular complexity index is 1190. The van der Waals surface area contributed by atoms with Crippen LogP contribution in [0.4, 0.5) is 0 Å². The first-order valence-electron chi connectivity index (χ1n) is 12.2. The van der Waals surface area contributed by atoms with E-state index in [1.807, 2.05) is 79.6 Å². The third-order valence-corrected chi connectivity index (χ3v) is 7.58. The van der Waals surface area contributed by atoms with Gasteiger partial charge in [-0.3, -0.25) is 9.59 Å². The maximum absolute atomic E-state index is 13.8. The van der Waals surface area contributed by atoms with Crippen molar-refractivity contribution in [1.29, 1.82) is 0 Å². The largest absolute Gasteiger partial charge is 0.507 e. The van der Waals surface area contributed by atoms with Crippen LogP contribution in [-0.2, 0) is 15.6 Å². The summed E-state index contributed by atoms with van der Waals surface area (Å²) < 4.78 is 0. The molecule has 1 aliphatic heterocycles. The first kappa shape index (κ1) is 27.9. The van der Waals surface area contributed by atoms with E-state index in [9.17, 15) is 19.8 Å². The highest BCUT2D eigenvalue weighted by atomic mass is 32.1. The van der Waals surface area contributed by atoms with E-state index in [0.717, 1.165) is 16.1 Å². The van der Waals surface area contributed by atoms with Gasteiger partial charge < -0.3 is 20.0 Å².